The van der Waals surface area contributed by atoms with E-state index in [-0.39, 0.29) is 6.04 Å². The zero-order valence-electron chi connectivity index (χ0n) is 10.7. The van der Waals surface area contributed by atoms with Crippen molar-refractivity contribution in [2.45, 2.75) is 45.1 Å². The molecule has 2 aliphatic rings. The van der Waals surface area contributed by atoms with Crippen LogP contribution in [0.5, 0.6) is 0 Å². The van der Waals surface area contributed by atoms with Gasteiger partial charge in [-0.25, -0.2) is 0 Å². The molecule has 1 aromatic carbocycles. The molecule has 0 spiro atoms. The molecule has 3 unspecified atom stereocenters. The van der Waals surface area contributed by atoms with Crippen LogP contribution in [0.2, 0.25) is 0 Å². The van der Waals surface area contributed by atoms with Crippen LogP contribution < -0.4 is 5.73 Å². The smallest absolute Gasteiger partial charge is 0.0323 e. The summed E-state index contributed by atoms with van der Waals surface area (Å²) in [6, 6.07) is 9.29. The van der Waals surface area contributed by atoms with E-state index < -0.39 is 0 Å². The van der Waals surface area contributed by atoms with Crippen molar-refractivity contribution in [3.05, 3.63) is 35.4 Å². The fourth-order valence-electron chi connectivity index (χ4n) is 3.52. The lowest BCUT2D eigenvalue weighted by molar-refractivity contribution is 0.404. The Balaban J connectivity index is 1.66. The highest BCUT2D eigenvalue weighted by Crippen LogP contribution is 2.56. The molecule has 3 rings (SSSR count). The molecule has 0 bridgehead atoms. The maximum Gasteiger partial charge on any atom is 0.0323 e. The number of benzene rings is 1. The maximum absolute atomic E-state index is 6.41. The van der Waals surface area contributed by atoms with Crippen molar-refractivity contribution in [2.75, 3.05) is 0 Å². The first kappa shape index (κ1) is 11.3. The maximum atomic E-state index is 6.41. The van der Waals surface area contributed by atoms with E-state index in [0.29, 0.717) is 0 Å². The molecule has 0 amide bonds. The lowest BCUT2D eigenvalue weighted by atomic mass is 9.89. The van der Waals surface area contributed by atoms with Crippen LogP contribution in [0.15, 0.2) is 24.3 Å². The Bertz CT molecular complexity index is 371. The zero-order valence-corrected chi connectivity index (χ0v) is 10.7. The number of rotatable bonds is 4. The summed E-state index contributed by atoms with van der Waals surface area (Å²) in [6.07, 6.45) is 6.64. The lowest BCUT2D eigenvalue weighted by Crippen LogP contribution is -2.20. The number of aryl methyl sites for hydroxylation is 1. The monoisotopic (exact) mass is 229 g/mol. The second-order valence-corrected chi connectivity index (χ2v) is 6.00. The third-order valence-electron chi connectivity index (χ3n) is 4.69. The number of nitrogens with two attached hydrogens (primary N) is 1. The van der Waals surface area contributed by atoms with Gasteiger partial charge in [-0.3, -0.25) is 0 Å². The quantitative estimate of drug-likeness (QED) is 0.837. The number of fused-ring (bicyclic) bond motifs is 1. The van der Waals surface area contributed by atoms with Gasteiger partial charge in [0, 0.05) is 6.04 Å². The molecular formula is C16H23N. The van der Waals surface area contributed by atoms with Crippen LogP contribution in [0.3, 0.4) is 0 Å². The Morgan fingerprint density at radius 1 is 1.12 bits per heavy atom. The molecule has 3 atom stereocenters. The topological polar surface area (TPSA) is 26.0 Å². The minimum absolute atomic E-state index is 0.276. The van der Waals surface area contributed by atoms with E-state index in [1.807, 2.05) is 0 Å². The van der Waals surface area contributed by atoms with Gasteiger partial charge in [-0.2, -0.15) is 0 Å². The molecule has 0 aromatic heterocycles. The van der Waals surface area contributed by atoms with Gasteiger partial charge in [0.25, 0.3) is 0 Å². The molecule has 1 heteroatoms. The van der Waals surface area contributed by atoms with Crippen LogP contribution in [-0.2, 0) is 6.42 Å². The highest BCUT2D eigenvalue weighted by atomic mass is 14.7. The summed E-state index contributed by atoms with van der Waals surface area (Å²) in [5.74, 6) is 2.81. The minimum Gasteiger partial charge on any atom is -0.324 e. The average molecular weight is 229 g/mol. The molecule has 0 aliphatic heterocycles. The highest BCUT2D eigenvalue weighted by molar-refractivity contribution is 5.26. The molecule has 2 fully saturated rings. The Morgan fingerprint density at radius 3 is 2.35 bits per heavy atom. The molecule has 0 saturated heterocycles. The fourth-order valence-corrected chi connectivity index (χ4v) is 3.52. The van der Waals surface area contributed by atoms with Crippen molar-refractivity contribution in [3.8, 4) is 0 Å². The Hall–Kier alpha value is -0.820. The third kappa shape index (κ3) is 2.26. The van der Waals surface area contributed by atoms with Crippen molar-refractivity contribution in [1.29, 1.82) is 0 Å². The average Bonchev–Trinajstić information content (AvgIpc) is 2.97. The summed E-state index contributed by atoms with van der Waals surface area (Å²) in [6.45, 7) is 2.23. The SMILES string of the molecule is CCCc1ccc(C(N)C2CC3CC3C2)cc1. The molecule has 0 heterocycles. The van der Waals surface area contributed by atoms with Crippen molar-refractivity contribution >= 4 is 0 Å². The van der Waals surface area contributed by atoms with Crippen LogP contribution in [0, 0.1) is 17.8 Å². The summed E-state index contributed by atoms with van der Waals surface area (Å²) in [5, 5.41) is 0. The predicted molar refractivity (Wildman–Crippen MR) is 71.7 cm³/mol. The van der Waals surface area contributed by atoms with E-state index in [4.69, 9.17) is 5.73 Å². The summed E-state index contributed by atoms with van der Waals surface area (Å²) < 4.78 is 0. The van der Waals surface area contributed by atoms with Crippen molar-refractivity contribution < 1.29 is 0 Å². The molecule has 1 aromatic rings. The third-order valence-corrected chi connectivity index (χ3v) is 4.69. The van der Waals surface area contributed by atoms with Gasteiger partial charge in [-0.05, 0) is 54.6 Å². The molecule has 1 nitrogen and oxygen atoms in total. The van der Waals surface area contributed by atoms with E-state index in [1.54, 1.807) is 0 Å². The zero-order chi connectivity index (χ0) is 11.8. The first-order valence-corrected chi connectivity index (χ1v) is 7.12. The molecule has 2 saturated carbocycles. The summed E-state index contributed by atoms with van der Waals surface area (Å²) >= 11 is 0. The summed E-state index contributed by atoms with van der Waals surface area (Å²) in [5.41, 5.74) is 9.19. The van der Waals surface area contributed by atoms with Gasteiger partial charge in [-0.1, -0.05) is 37.6 Å². The predicted octanol–water partition coefficient (Wildman–Crippen LogP) is 3.69. The molecule has 17 heavy (non-hydrogen) atoms. The Labute approximate surface area is 104 Å². The highest BCUT2D eigenvalue weighted by Gasteiger charge is 2.47. The van der Waals surface area contributed by atoms with Crippen molar-refractivity contribution in [1.82, 2.24) is 0 Å². The largest absolute Gasteiger partial charge is 0.324 e. The van der Waals surface area contributed by atoms with Crippen LogP contribution in [-0.4, -0.2) is 0 Å². The van der Waals surface area contributed by atoms with Gasteiger partial charge >= 0.3 is 0 Å². The second-order valence-electron chi connectivity index (χ2n) is 6.00. The summed E-state index contributed by atoms with van der Waals surface area (Å²) in [4.78, 5) is 0. The number of hydrogen-bond donors (Lipinski definition) is 1. The molecule has 2 N–H and O–H groups in total. The van der Waals surface area contributed by atoms with E-state index in [2.05, 4.69) is 31.2 Å². The normalized spacial score (nSPS) is 32.2. The second kappa shape index (κ2) is 4.45. The van der Waals surface area contributed by atoms with Gasteiger partial charge in [0.15, 0.2) is 0 Å². The van der Waals surface area contributed by atoms with Crippen molar-refractivity contribution in [3.63, 3.8) is 0 Å². The van der Waals surface area contributed by atoms with E-state index in [9.17, 15) is 0 Å². The van der Waals surface area contributed by atoms with E-state index in [1.165, 1.54) is 43.2 Å². The number of hydrogen-bond acceptors (Lipinski definition) is 1. The van der Waals surface area contributed by atoms with Gasteiger partial charge in [0.05, 0.1) is 0 Å². The Kier molecular flexibility index (Phi) is 2.96. The van der Waals surface area contributed by atoms with Gasteiger partial charge in [0.2, 0.25) is 0 Å². The van der Waals surface area contributed by atoms with E-state index >= 15 is 0 Å². The lowest BCUT2D eigenvalue weighted by Gasteiger charge is -2.21. The van der Waals surface area contributed by atoms with Gasteiger partial charge in [-0.15, -0.1) is 0 Å². The van der Waals surface area contributed by atoms with Crippen LogP contribution >= 0.6 is 0 Å². The van der Waals surface area contributed by atoms with Gasteiger partial charge < -0.3 is 5.73 Å². The van der Waals surface area contributed by atoms with Crippen molar-refractivity contribution in [2.24, 2.45) is 23.5 Å². The molecule has 2 aliphatic carbocycles. The standard InChI is InChI=1S/C16H23N/c1-2-3-11-4-6-12(7-5-11)16(17)15-9-13-8-14(13)10-15/h4-7,13-16H,2-3,8-10,17H2,1H3. The van der Waals surface area contributed by atoms with Gasteiger partial charge in [0.1, 0.15) is 0 Å². The Morgan fingerprint density at radius 2 is 1.76 bits per heavy atom. The summed E-state index contributed by atoms with van der Waals surface area (Å²) in [7, 11) is 0. The first-order chi connectivity index (χ1) is 8.28. The molecule has 92 valence electrons. The molecule has 0 radical (unpaired) electrons. The fraction of sp³-hybridized carbons (Fsp3) is 0.625. The van der Waals surface area contributed by atoms with Crippen LogP contribution in [0.25, 0.3) is 0 Å². The molecular weight excluding hydrogens is 206 g/mol. The first-order valence-electron chi connectivity index (χ1n) is 7.12. The van der Waals surface area contributed by atoms with Crippen LogP contribution in [0.4, 0.5) is 0 Å². The van der Waals surface area contributed by atoms with E-state index in [0.717, 1.165) is 17.8 Å². The van der Waals surface area contributed by atoms with Crippen LogP contribution in [0.1, 0.15) is 49.8 Å². The minimum atomic E-state index is 0.276.